The molecule has 0 radical (unpaired) electrons. The third-order valence-electron chi connectivity index (χ3n) is 1.23. The van der Waals surface area contributed by atoms with Gasteiger partial charge in [0, 0.05) is 20.3 Å². The molecule has 3 N–H and O–H groups in total. The Morgan fingerprint density at radius 1 is 1.55 bits per heavy atom. The molecule has 0 fully saturated rings. The average molecular weight is 153 g/mol. The molecule has 0 saturated carbocycles. The summed E-state index contributed by atoms with van der Waals surface area (Å²) < 4.78 is 0. The first-order chi connectivity index (χ1) is 5.24. The molecule has 0 aromatic carbocycles. The van der Waals surface area contributed by atoms with Crippen LogP contribution in [0.1, 0.15) is 0 Å². The number of aromatic nitrogens is 2. The van der Waals surface area contributed by atoms with Crippen molar-refractivity contribution in [2.45, 2.75) is 0 Å². The number of hydrogen-bond acceptors (Lipinski definition) is 5. The van der Waals surface area contributed by atoms with Gasteiger partial charge in [-0.1, -0.05) is 0 Å². The summed E-state index contributed by atoms with van der Waals surface area (Å²) in [6, 6.07) is 1.81. The lowest BCUT2D eigenvalue weighted by Crippen LogP contribution is -2.15. The molecule has 5 heteroatoms. The second kappa shape index (κ2) is 3.16. The Balaban J connectivity index is 2.91. The third kappa shape index (κ3) is 1.78. The number of hydrogen-bond donors (Lipinski definition) is 2. The molecule has 0 bridgehead atoms. The van der Waals surface area contributed by atoms with Gasteiger partial charge in [-0.3, -0.25) is 5.43 Å². The van der Waals surface area contributed by atoms with Crippen LogP contribution in [-0.4, -0.2) is 24.1 Å². The van der Waals surface area contributed by atoms with Gasteiger partial charge in [0.15, 0.2) is 0 Å². The number of nitrogens with zero attached hydrogens (tertiary/aromatic N) is 3. The van der Waals surface area contributed by atoms with Crippen molar-refractivity contribution >= 4 is 11.8 Å². The molecule has 5 nitrogen and oxygen atoms in total. The van der Waals surface area contributed by atoms with Gasteiger partial charge < -0.3 is 4.90 Å². The van der Waals surface area contributed by atoms with Crippen molar-refractivity contribution < 1.29 is 0 Å². The first-order valence-electron chi connectivity index (χ1n) is 3.21. The summed E-state index contributed by atoms with van der Waals surface area (Å²) >= 11 is 0. The van der Waals surface area contributed by atoms with Crippen molar-refractivity contribution in [1.82, 2.24) is 9.97 Å². The Morgan fingerprint density at radius 3 is 2.82 bits per heavy atom. The molecule has 60 valence electrons. The highest BCUT2D eigenvalue weighted by Crippen LogP contribution is 2.06. The molecule has 1 aromatic heterocycles. The van der Waals surface area contributed by atoms with Crippen LogP contribution in [0.15, 0.2) is 12.3 Å². The summed E-state index contributed by atoms with van der Waals surface area (Å²) in [6.07, 6.45) is 1.65. The first kappa shape index (κ1) is 7.74. The van der Waals surface area contributed by atoms with Crippen LogP contribution in [0.25, 0.3) is 0 Å². The Bertz CT molecular complexity index is 234. The van der Waals surface area contributed by atoms with Crippen molar-refractivity contribution in [1.29, 1.82) is 0 Å². The number of anilines is 2. The van der Waals surface area contributed by atoms with Gasteiger partial charge in [-0.2, -0.15) is 4.98 Å². The van der Waals surface area contributed by atoms with Crippen LogP contribution in [0.3, 0.4) is 0 Å². The van der Waals surface area contributed by atoms with Crippen LogP contribution >= 0.6 is 0 Å². The standard InChI is InChI=1S/C6H11N5/c1-11(2)5-3-4-8-6(9-5)10-7/h3-4H,7H2,1-2H3,(H,8,9,10). The molecule has 1 heterocycles. The number of nitrogens with one attached hydrogen (secondary N) is 1. The molecular weight excluding hydrogens is 142 g/mol. The quantitative estimate of drug-likeness (QED) is 0.456. The van der Waals surface area contributed by atoms with Crippen molar-refractivity contribution in [3.63, 3.8) is 0 Å². The minimum absolute atomic E-state index is 0.427. The van der Waals surface area contributed by atoms with E-state index in [4.69, 9.17) is 5.84 Å². The van der Waals surface area contributed by atoms with Gasteiger partial charge in [-0.25, -0.2) is 10.8 Å². The minimum atomic E-state index is 0.427. The Morgan fingerprint density at radius 2 is 2.27 bits per heavy atom. The molecule has 0 aliphatic carbocycles. The van der Waals surface area contributed by atoms with E-state index >= 15 is 0 Å². The average Bonchev–Trinajstić information content (AvgIpc) is 2.05. The van der Waals surface area contributed by atoms with Crippen LogP contribution in [-0.2, 0) is 0 Å². The Hall–Kier alpha value is -1.36. The second-order valence-corrected chi connectivity index (χ2v) is 2.28. The number of nitrogens with two attached hydrogens (primary N) is 1. The van der Waals surface area contributed by atoms with Crippen LogP contribution in [0.2, 0.25) is 0 Å². The first-order valence-corrected chi connectivity index (χ1v) is 3.21. The monoisotopic (exact) mass is 153 g/mol. The van der Waals surface area contributed by atoms with E-state index in [2.05, 4.69) is 15.4 Å². The van der Waals surface area contributed by atoms with Gasteiger partial charge in [0.25, 0.3) is 0 Å². The van der Waals surface area contributed by atoms with E-state index < -0.39 is 0 Å². The van der Waals surface area contributed by atoms with E-state index in [0.717, 1.165) is 5.82 Å². The van der Waals surface area contributed by atoms with Gasteiger partial charge in [-0.15, -0.1) is 0 Å². The maximum Gasteiger partial charge on any atom is 0.239 e. The van der Waals surface area contributed by atoms with Crippen molar-refractivity contribution in [3.8, 4) is 0 Å². The predicted molar refractivity (Wildman–Crippen MR) is 44.2 cm³/mol. The van der Waals surface area contributed by atoms with E-state index in [1.165, 1.54) is 0 Å². The van der Waals surface area contributed by atoms with Crippen LogP contribution in [0, 0.1) is 0 Å². The molecular formula is C6H11N5. The summed E-state index contributed by atoms with van der Waals surface area (Å²) in [6.45, 7) is 0. The van der Waals surface area contributed by atoms with Gasteiger partial charge in [0.2, 0.25) is 5.95 Å². The lowest BCUT2D eigenvalue weighted by molar-refractivity contribution is 1.03. The molecule has 1 rings (SSSR count). The SMILES string of the molecule is CN(C)c1ccnc(NN)n1. The largest absolute Gasteiger partial charge is 0.363 e. The fraction of sp³-hybridized carbons (Fsp3) is 0.333. The topological polar surface area (TPSA) is 67.1 Å². The summed E-state index contributed by atoms with van der Waals surface area (Å²) in [5, 5.41) is 0. The molecule has 0 atom stereocenters. The van der Waals surface area contributed by atoms with Gasteiger partial charge in [-0.05, 0) is 6.07 Å². The predicted octanol–water partition coefficient (Wildman–Crippen LogP) is -0.172. The van der Waals surface area contributed by atoms with E-state index in [0.29, 0.717) is 5.95 Å². The molecule has 0 unspecified atom stereocenters. The van der Waals surface area contributed by atoms with E-state index in [1.807, 2.05) is 19.0 Å². The highest BCUT2D eigenvalue weighted by Gasteiger charge is 1.97. The van der Waals surface area contributed by atoms with Gasteiger partial charge in [0.05, 0.1) is 0 Å². The lowest BCUT2D eigenvalue weighted by atomic mass is 10.5. The van der Waals surface area contributed by atoms with Gasteiger partial charge >= 0.3 is 0 Å². The lowest BCUT2D eigenvalue weighted by Gasteiger charge is -2.10. The molecule has 0 amide bonds. The molecule has 11 heavy (non-hydrogen) atoms. The maximum absolute atomic E-state index is 5.13. The van der Waals surface area contributed by atoms with E-state index in [-0.39, 0.29) is 0 Å². The second-order valence-electron chi connectivity index (χ2n) is 2.28. The molecule has 0 aliphatic rings. The van der Waals surface area contributed by atoms with E-state index in [1.54, 1.807) is 12.3 Å². The van der Waals surface area contributed by atoms with Crippen LogP contribution in [0.4, 0.5) is 11.8 Å². The smallest absolute Gasteiger partial charge is 0.239 e. The zero-order valence-electron chi connectivity index (χ0n) is 6.57. The third-order valence-corrected chi connectivity index (χ3v) is 1.23. The van der Waals surface area contributed by atoms with Crippen molar-refractivity contribution in [2.24, 2.45) is 5.84 Å². The summed E-state index contributed by atoms with van der Waals surface area (Å²) in [7, 11) is 3.81. The number of nitrogen functional groups attached to an aromatic ring is 1. The highest BCUT2D eigenvalue weighted by atomic mass is 15.3. The van der Waals surface area contributed by atoms with Gasteiger partial charge in [0.1, 0.15) is 5.82 Å². The summed E-state index contributed by atoms with van der Waals surface area (Å²) in [4.78, 5) is 9.81. The summed E-state index contributed by atoms with van der Waals surface area (Å²) in [5.41, 5.74) is 2.37. The normalized spacial score (nSPS) is 9.36. The number of rotatable bonds is 2. The van der Waals surface area contributed by atoms with Crippen LogP contribution < -0.4 is 16.2 Å². The summed E-state index contributed by atoms with van der Waals surface area (Å²) in [5.74, 6) is 6.38. The molecule has 0 spiro atoms. The fourth-order valence-electron chi connectivity index (χ4n) is 0.668. The zero-order valence-corrected chi connectivity index (χ0v) is 6.57. The zero-order chi connectivity index (χ0) is 8.27. The molecule has 0 aliphatic heterocycles. The molecule has 0 saturated heterocycles. The van der Waals surface area contributed by atoms with E-state index in [9.17, 15) is 0 Å². The number of hydrazine groups is 1. The Labute approximate surface area is 65.2 Å². The molecule has 1 aromatic rings. The Kier molecular flexibility index (Phi) is 2.22. The van der Waals surface area contributed by atoms with Crippen molar-refractivity contribution in [3.05, 3.63) is 12.3 Å². The maximum atomic E-state index is 5.13. The van der Waals surface area contributed by atoms with Crippen LogP contribution in [0.5, 0.6) is 0 Å². The van der Waals surface area contributed by atoms with Crippen molar-refractivity contribution in [2.75, 3.05) is 24.4 Å². The highest BCUT2D eigenvalue weighted by molar-refractivity contribution is 5.40. The fourth-order valence-corrected chi connectivity index (χ4v) is 0.668. The minimum Gasteiger partial charge on any atom is -0.363 e.